The summed E-state index contributed by atoms with van der Waals surface area (Å²) in [4.78, 5) is 24.5. The van der Waals surface area contributed by atoms with Gasteiger partial charge in [-0.25, -0.2) is 4.98 Å². The van der Waals surface area contributed by atoms with Crippen molar-refractivity contribution in [2.75, 3.05) is 20.2 Å². The van der Waals surface area contributed by atoms with E-state index in [1.165, 1.54) is 0 Å². The lowest BCUT2D eigenvalue weighted by molar-refractivity contribution is 0.0681. The molecule has 6 heteroatoms. The van der Waals surface area contributed by atoms with Crippen LogP contribution in [0.5, 0.6) is 5.75 Å². The van der Waals surface area contributed by atoms with Crippen molar-refractivity contribution < 1.29 is 9.53 Å². The molecule has 28 heavy (non-hydrogen) atoms. The number of benzene rings is 1. The van der Waals surface area contributed by atoms with Gasteiger partial charge in [0.15, 0.2) is 0 Å². The van der Waals surface area contributed by atoms with Crippen molar-refractivity contribution in [2.24, 2.45) is 0 Å². The van der Waals surface area contributed by atoms with Crippen molar-refractivity contribution in [2.45, 2.75) is 37.6 Å². The molecule has 1 saturated carbocycles. The predicted molar refractivity (Wildman–Crippen MR) is 107 cm³/mol. The number of hydrogen-bond acceptors (Lipinski definition) is 4. The van der Waals surface area contributed by atoms with Gasteiger partial charge in [0, 0.05) is 42.5 Å². The molecule has 144 valence electrons. The molecule has 3 aromatic rings. The Bertz CT molecular complexity index is 1010. The van der Waals surface area contributed by atoms with Gasteiger partial charge in [0.25, 0.3) is 5.91 Å². The summed E-state index contributed by atoms with van der Waals surface area (Å²) in [5.41, 5.74) is 2.66. The highest BCUT2D eigenvalue weighted by molar-refractivity contribution is 6.06. The van der Waals surface area contributed by atoms with Crippen molar-refractivity contribution in [3.05, 3.63) is 54.2 Å². The SMILES string of the molecule is COc1ccc2nc(C3CC3)cc(C(=O)N3CCCC(n4ccnc4)C3)c2c1. The third-order valence-corrected chi connectivity index (χ3v) is 5.89. The smallest absolute Gasteiger partial charge is 0.254 e. The van der Waals surface area contributed by atoms with Crippen LogP contribution in [0.25, 0.3) is 10.9 Å². The summed E-state index contributed by atoms with van der Waals surface area (Å²) < 4.78 is 7.51. The van der Waals surface area contributed by atoms with Crippen LogP contribution >= 0.6 is 0 Å². The van der Waals surface area contributed by atoms with Crippen molar-refractivity contribution >= 4 is 16.8 Å². The predicted octanol–water partition coefficient (Wildman–Crippen LogP) is 3.79. The van der Waals surface area contributed by atoms with Gasteiger partial charge < -0.3 is 14.2 Å². The van der Waals surface area contributed by atoms with Crippen LogP contribution in [0.2, 0.25) is 0 Å². The highest BCUT2D eigenvalue weighted by Gasteiger charge is 2.30. The summed E-state index contributed by atoms with van der Waals surface area (Å²) >= 11 is 0. The second-order valence-electron chi connectivity index (χ2n) is 7.81. The monoisotopic (exact) mass is 376 g/mol. The largest absolute Gasteiger partial charge is 0.497 e. The van der Waals surface area contributed by atoms with Gasteiger partial charge in [-0.05, 0) is 49.9 Å². The summed E-state index contributed by atoms with van der Waals surface area (Å²) in [6.45, 7) is 1.50. The maximum atomic E-state index is 13.6. The molecule has 1 aliphatic heterocycles. The molecule has 2 aliphatic rings. The first-order chi connectivity index (χ1) is 13.7. The topological polar surface area (TPSA) is 60.2 Å². The number of ether oxygens (including phenoxy) is 1. The third-order valence-electron chi connectivity index (χ3n) is 5.89. The normalized spacial score (nSPS) is 19.8. The number of carbonyl (C=O) groups excluding carboxylic acids is 1. The zero-order valence-electron chi connectivity index (χ0n) is 16.0. The van der Waals surface area contributed by atoms with E-state index >= 15 is 0 Å². The number of nitrogens with zero attached hydrogens (tertiary/aromatic N) is 4. The molecular formula is C22H24N4O2. The highest BCUT2D eigenvalue weighted by Crippen LogP contribution is 2.40. The van der Waals surface area contributed by atoms with E-state index in [9.17, 15) is 4.79 Å². The first-order valence-corrected chi connectivity index (χ1v) is 9.98. The third kappa shape index (κ3) is 3.13. The molecule has 1 saturated heterocycles. The summed E-state index contributed by atoms with van der Waals surface area (Å²) in [7, 11) is 1.65. The number of imidazole rings is 1. The molecule has 0 radical (unpaired) electrons. The Labute approximate surface area is 164 Å². The minimum absolute atomic E-state index is 0.0902. The molecule has 0 bridgehead atoms. The van der Waals surface area contributed by atoms with E-state index in [0.29, 0.717) is 12.5 Å². The van der Waals surface area contributed by atoms with Crippen molar-refractivity contribution in [3.8, 4) is 5.75 Å². The Morgan fingerprint density at radius 3 is 2.86 bits per heavy atom. The number of hydrogen-bond donors (Lipinski definition) is 0. The van der Waals surface area contributed by atoms with Crippen molar-refractivity contribution in [3.63, 3.8) is 0 Å². The van der Waals surface area contributed by atoms with Gasteiger partial charge in [0.1, 0.15) is 5.75 Å². The second kappa shape index (κ2) is 6.93. The van der Waals surface area contributed by atoms with Crippen LogP contribution in [-0.4, -0.2) is 45.5 Å². The second-order valence-corrected chi connectivity index (χ2v) is 7.81. The fraction of sp³-hybridized carbons (Fsp3) is 0.409. The fourth-order valence-corrected chi connectivity index (χ4v) is 4.16. The zero-order valence-corrected chi connectivity index (χ0v) is 16.0. The molecule has 5 rings (SSSR count). The molecule has 1 atom stereocenters. The van der Waals surface area contributed by atoms with E-state index in [-0.39, 0.29) is 11.9 Å². The molecule has 1 unspecified atom stereocenters. The first kappa shape index (κ1) is 17.2. The summed E-state index contributed by atoms with van der Waals surface area (Å²) in [6.07, 6.45) is 10.0. The lowest BCUT2D eigenvalue weighted by Gasteiger charge is -2.33. The number of rotatable bonds is 4. The van der Waals surface area contributed by atoms with E-state index in [4.69, 9.17) is 9.72 Å². The Kier molecular flexibility index (Phi) is 4.26. The molecule has 2 fully saturated rings. The maximum absolute atomic E-state index is 13.6. The maximum Gasteiger partial charge on any atom is 0.254 e. The average molecular weight is 376 g/mol. The van der Waals surface area contributed by atoms with Crippen LogP contribution in [0, 0.1) is 0 Å². The number of likely N-dealkylation sites (tertiary alicyclic amines) is 1. The molecule has 3 heterocycles. The number of amides is 1. The van der Waals surface area contributed by atoms with Gasteiger partial charge in [0.2, 0.25) is 0 Å². The fourth-order valence-electron chi connectivity index (χ4n) is 4.16. The molecular weight excluding hydrogens is 352 g/mol. The summed E-state index contributed by atoms with van der Waals surface area (Å²) in [6, 6.07) is 8.11. The van der Waals surface area contributed by atoms with E-state index in [1.807, 2.05) is 41.7 Å². The molecule has 1 aliphatic carbocycles. The molecule has 0 spiro atoms. The lowest BCUT2D eigenvalue weighted by atomic mass is 10.0. The average Bonchev–Trinajstić information content (AvgIpc) is 3.46. The molecule has 6 nitrogen and oxygen atoms in total. The molecule has 2 aromatic heterocycles. The minimum Gasteiger partial charge on any atom is -0.497 e. The zero-order chi connectivity index (χ0) is 19.1. The van der Waals surface area contributed by atoms with E-state index in [0.717, 1.165) is 60.1 Å². The Hall–Kier alpha value is -2.89. The van der Waals surface area contributed by atoms with Crippen LogP contribution in [0.3, 0.4) is 0 Å². The van der Waals surface area contributed by atoms with Crippen LogP contribution in [0.1, 0.15) is 53.7 Å². The Morgan fingerprint density at radius 1 is 1.21 bits per heavy atom. The van der Waals surface area contributed by atoms with Crippen molar-refractivity contribution in [1.29, 1.82) is 0 Å². The number of fused-ring (bicyclic) bond motifs is 1. The van der Waals surface area contributed by atoms with Crippen LogP contribution < -0.4 is 4.74 Å². The molecule has 1 aromatic carbocycles. The van der Waals surface area contributed by atoms with Crippen LogP contribution in [0.15, 0.2) is 43.0 Å². The van der Waals surface area contributed by atoms with Gasteiger partial charge in [0.05, 0.1) is 30.6 Å². The molecule has 1 amide bonds. The number of aromatic nitrogens is 3. The van der Waals surface area contributed by atoms with E-state index in [2.05, 4.69) is 9.55 Å². The van der Waals surface area contributed by atoms with E-state index < -0.39 is 0 Å². The quantitative estimate of drug-likeness (QED) is 0.695. The molecule has 0 N–H and O–H groups in total. The first-order valence-electron chi connectivity index (χ1n) is 9.98. The van der Waals surface area contributed by atoms with Gasteiger partial charge in [-0.15, -0.1) is 0 Å². The Morgan fingerprint density at radius 2 is 2.11 bits per heavy atom. The lowest BCUT2D eigenvalue weighted by Crippen LogP contribution is -2.40. The van der Waals surface area contributed by atoms with Crippen LogP contribution in [-0.2, 0) is 0 Å². The minimum atomic E-state index is 0.0902. The van der Waals surface area contributed by atoms with Gasteiger partial charge >= 0.3 is 0 Å². The summed E-state index contributed by atoms with van der Waals surface area (Å²) in [5.74, 6) is 1.34. The highest BCUT2D eigenvalue weighted by atomic mass is 16.5. The number of pyridine rings is 1. The number of methoxy groups -OCH3 is 1. The van der Waals surface area contributed by atoms with Gasteiger partial charge in [-0.3, -0.25) is 9.78 Å². The van der Waals surface area contributed by atoms with Crippen molar-refractivity contribution in [1.82, 2.24) is 19.4 Å². The van der Waals surface area contributed by atoms with Crippen LogP contribution in [0.4, 0.5) is 0 Å². The summed E-state index contributed by atoms with van der Waals surface area (Å²) in [5, 5.41) is 0.874. The van der Waals surface area contributed by atoms with Gasteiger partial charge in [-0.2, -0.15) is 0 Å². The number of carbonyl (C=O) groups is 1. The van der Waals surface area contributed by atoms with Gasteiger partial charge in [-0.1, -0.05) is 0 Å². The number of piperidine rings is 1. The Balaban J connectivity index is 1.52. The standard InChI is InChI=1S/C22H24N4O2/c1-28-17-6-7-20-18(11-17)19(12-21(24-20)15-4-5-15)22(27)25-9-2-3-16(13-25)26-10-8-23-14-26/h6-8,10-12,14-16H,2-5,9,13H2,1H3. The van der Waals surface area contributed by atoms with E-state index in [1.54, 1.807) is 13.3 Å².